The van der Waals surface area contributed by atoms with Crippen LogP contribution >= 0.6 is 11.6 Å². The largest absolute Gasteiger partial charge is 0.339 e. The Morgan fingerprint density at radius 2 is 1.88 bits per heavy atom. The van der Waals surface area contributed by atoms with Gasteiger partial charge in [-0.3, -0.25) is 14.2 Å². The summed E-state index contributed by atoms with van der Waals surface area (Å²) in [6.07, 6.45) is 1.74. The number of aryl methyl sites for hydroxylation is 1. The highest BCUT2D eigenvalue weighted by Gasteiger charge is 2.14. The van der Waals surface area contributed by atoms with Gasteiger partial charge in [0.25, 0.3) is 5.56 Å². The summed E-state index contributed by atoms with van der Waals surface area (Å²) in [5, 5.41) is 1.21. The molecule has 0 spiro atoms. The molecule has 1 aromatic heterocycles. The van der Waals surface area contributed by atoms with Gasteiger partial charge in [0.1, 0.15) is 0 Å². The predicted molar refractivity (Wildman–Crippen MR) is 103 cm³/mol. The number of rotatable bonds is 6. The Balaban J connectivity index is 1.70. The molecule has 0 atom stereocenters. The van der Waals surface area contributed by atoms with Crippen molar-refractivity contribution in [3.63, 3.8) is 0 Å². The number of hydrogen-bond acceptors (Lipinski definition) is 3. The van der Waals surface area contributed by atoms with Gasteiger partial charge < -0.3 is 4.90 Å². The molecule has 0 aliphatic carbocycles. The molecule has 0 radical (unpaired) electrons. The lowest BCUT2D eigenvalue weighted by Gasteiger charge is -2.22. The lowest BCUT2D eigenvalue weighted by atomic mass is 10.2. The molecule has 0 N–H and O–H groups in total. The molecule has 1 heterocycles. The lowest BCUT2D eigenvalue weighted by Crippen LogP contribution is -2.32. The van der Waals surface area contributed by atoms with Gasteiger partial charge in [-0.1, -0.05) is 41.9 Å². The maximum atomic E-state index is 12.6. The number of benzene rings is 2. The quantitative estimate of drug-likeness (QED) is 0.668. The fraction of sp³-hybridized carbons (Fsp3) is 0.250. The number of halogens is 1. The van der Waals surface area contributed by atoms with Crippen LogP contribution in [-0.4, -0.2) is 26.9 Å². The van der Waals surface area contributed by atoms with Crippen LogP contribution < -0.4 is 5.56 Å². The summed E-state index contributed by atoms with van der Waals surface area (Å²) in [7, 11) is 0. The van der Waals surface area contributed by atoms with Crippen LogP contribution in [0.5, 0.6) is 0 Å². The minimum absolute atomic E-state index is 0.0209. The SMILES string of the molecule is CCN(Cc1ccccc1Cl)C(=O)CCn1cnc2ccccc2c1=O. The second-order valence-electron chi connectivity index (χ2n) is 6.01. The van der Waals surface area contributed by atoms with Gasteiger partial charge in [-0.05, 0) is 30.7 Å². The van der Waals surface area contributed by atoms with Crippen molar-refractivity contribution < 1.29 is 4.79 Å². The number of hydrogen-bond donors (Lipinski definition) is 0. The molecule has 0 aliphatic rings. The number of carbonyl (C=O) groups is 1. The average Bonchev–Trinajstić information content (AvgIpc) is 2.67. The van der Waals surface area contributed by atoms with E-state index in [2.05, 4.69) is 4.98 Å². The molecule has 6 heteroatoms. The fourth-order valence-electron chi connectivity index (χ4n) is 2.85. The summed E-state index contributed by atoms with van der Waals surface area (Å²) in [5.41, 5.74) is 1.44. The van der Waals surface area contributed by atoms with Crippen LogP contribution in [0.1, 0.15) is 18.9 Å². The van der Waals surface area contributed by atoms with Crippen molar-refractivity contribution in [3.05, 3.63) is 75.8 Å². The van der Waals surface area contributed by atoms with Crippen molar-refractivity contribution in [1.29, 1.82) is 0 Å². The van der Waals surface area contributed by atoms with Crippen LogP contribution in [0, 0.1) is 0 Å². The van der Waals surface area contributed by atoms with E-state index >= 15 is 0 Å². The van der Waals surface area contributed by atoms with Crippen LogP contribution in [0.2, 0.25) is 5.02 Å². The van der Waals surface area contributed by atoms with Crippen molar-refractivity contribution in [1.82, 2.24) is 14.5 Å². The number of para-hydroxylation sites is 1. The first-order valence-electron chi connectivity index (χ1n) is 8.55. The van der Waals surface area contributed by atoms with E-state index < -0.39 is 0 Å². The summed E-state index contributed by atoms with van der Waals surface area (Å²) in [6.45, 7) is 3.27. The first-order chi connectivity index (χ1) is 12.6. The van der Waals surface area contributed by atoms with Crippen molar-refractivity contribution in [3.8, 4) is 0 Å². The minimum Gasteiger partial charge on any atom is -0.339 e. The highest BCUT2D eigenvalue weighted by molar-refractivity contribution is 6.31. The summed E-state index contributed by atoms with van der Waals surface area (Å²) in [5.74, 6) is -0.0209. The van der Waals surface area contributed by atoms with E-state index in [1.54, 1.807) is 17.0 Å². The maximum Gasteiger partial charge on any atom is 0.261 e. The first-order valence-corrected chi connectivity index (χ1v) is 8.93. The normalized spacial score (nSPS) is 10.8. The molecule has 0 aliphatic heterocycles. The Morgan fingerprint density at radius 3 is 2.65 bits per heavy atom. The predicted octanol–water partition coefficient (Wildman–Crippen LogP) is 3.49. The standard InChI is InChI=1S/C20H20ClN3O2/c1-2-23(13-15-7-3-5-9-17(15)21)19(25)11-12-24-14-22-18-10-6-4-8-16(18)20(24)26/h3-10,14H,2,11-13H2,1H3. The first kappa shape index (κ1) is 18.1. The number of amides is 1. The molecule has 3 rings (SSSR count). The molecule has 0 fully saturated rings. The molecule has 0 unspecified atom stereocenters. The van der Waals surface area contributed by atoms with Gasteiger partial charge in [0.15, 0.2) is 0 Å². The molecule has 26 heavy (non-hydrogen) atoms. The molecular weight excluding hydrogens is 350 g/mol. The zero-order valence-corrected chi connectivity index (χ0v) is 15.3. The second-order valence-corrected chi connectivity index (χ2v) is 6.42. The van der Waals surface area contributed by atoms with Crippen LogP contribution in [0.4, 0.5) is 0 Å². The van der Waals surface area contributed by atoms with E-state index in [4.69, 9.17) is 11.6 Å². The third kappa shape index (κ3) is 3.94. The van der Waals surface area contributed by atoms with Crippen LogP contribution in [0.15, 0.2) is 59.7 Å². The molecule has 0 saturated carbocycles. The van der Waals surface area contributed by atoms with Crippen LogP contribution in [0.25, 0.3) is 10.9 Å². The Morgan fingerprint density at radius 1 is 1.15 bits per heavy atom. The van der Waals surface area contributed by atoms with E-state index in [-0.39, 0.29) is 17.9 Å². The summed E-state index contributed by atoms with van der Waals surface area (Å²) in [4.78, 5) is 31.1. The summed E-state index contributed by atoms with van der Waals surface area (Å²) >= 11 is 6.19. The molecule has 0 saturated heterocycles. The molecule has 1 amide bonds. The van der Waals surface area contributed by atoms with Gasteiger partial charge in [-0.2, -0.15) is 0 Å². The van der Waals surface area contributed by atoms with Gasteiger partial charge in [0.2, 0.25) is 5.91 Å². The Hall–Kier alpha value is -2.66. The Bertz CT molecular complexity index is 984. The number of aromatic nitrogens is 2. The summed E-state index contributed by atoms with van der Waals surface area (Å²) in [6, 6.07) is 14.7. The van der Waals surface area contributed by atoms with Gasteiger partial charge >= 0.3 is 0 Å². The highest BCUT2D eigenvalue weighted by atomic mass is 35.5. The zero-order valence-electron chi connectivity index (χ0n) is 14.6. The lowest BCUT2D eigenvalue weighted by molar-refractivity contribution is -0.131. The summed E-state index contributed by atoms with van der Waals surface area (Å²) < 4.78 is 1.49. The minimum atomic E-state index is -0.127. The van der Waals surface area contributed by atoms with Crippen molar-refractivity contribution in [2.75, 3.05) is 6.54 Å². The van der Waals surface area contributed by atoms with Crippen molar-refractivity contribution in [2.24, 2.45) is 0 Å². The zero-order chi connectivity index (χ0) is 18.5. The average molecular weight is 370 g/mol. The maximum absolute atomic E-state index is 12.6. The van der Waals surface area contributed by atoms with E-state index in [9.17, 15) is 9.59 Å². The Kier molecular flexibility index (Phi) is 5.68. The molecule has 5 nitrogen and oxygen atoms in total. The number of carbonyl (C=O) groups excluding carboxylic acids is 1. The second kappa shape index (κ2) is 8.15. The third-order valence-corrected chi connectivity index (χ3v) is 4.72. The van der Waals surface area contributed by atoms with E-state index in [1.807, 2.05) is 43.3 Å². The third-order valence-electron chi connectivity index (χ3n) is 4.35. The van der Waals surface area contributed by atoms with Crippen molar-refractivity contribution in [2.45, 2.75) is 26.4 Å². The Labute approximate surface area is 156 Å². The fourth-order valence-corrected chi connectivity index (χ4v) is 3.04. The van der Waals surface area contributed by atoms with Crippen molar-refractivity contribution >= 4 is 28.4 Å². The molecule has 2 aromatic carbocycles. The van der Waals surface area contributed by atoms with Gasteiger partial charge in [0, 0.05) is 31.1 Å². The number of nitrogens with zero attached hydrogens (tertiary/aromatic N) is 3. The van der Waals surface area contributed by atoms with E-state index in [0.717, 1.165) is 5.56 Å². The van der Waals surface area contributed by atoms with Crippen LogP contribution in [-0.2, 0) is 17.9 Å². The van der Waals surface area contributed by atoms with Gasteiger partial charge in [0.05, 0.1) is 17.2 Å². The van der Waals surface area contributed by atoms with Gasteiger partial charge in [-0.25, -0.2) is 4.98 Å². The molecule has 3 aromatic rings. The molecular formula is C20H20ClN3O2. The monoisotopic (exact) mass is 369 g/mol. The molecule has 134 valence electrons. The van der Waals surface area contributed by atoms with E-state index in [0.29, 0.717) is 35.6 Å². The van der Waals surface area contributed by atoms with Crippen LogP contribution in [0.3, 0.4) is 0 Å². The highest BCUT2D eigenvalue weighted by Crippen LogP contribution is 2.17. The van der Waals surface area contributed by atoms with E-state index in [1.165, 1.54) is 10.9 Å². The topological polar surface area (TPSA) is 55.2 Å². The smallest absolute Gasteiger partial charge is 0.261 e. The molecule has 0 bridgehead atoms. The number of fused-ring (bicyclic) bond motifs is 1. The van der Waals surface area contributed by atoms with Gasteiger partial charge in [-0.15, -0.1) is 0 Å².